The van der Waals surface area contributed by atoms with E-state index in [9.17, 15) is 5.11 Å². The molecule has 0 spiro atoms. The number of rotatable bonds is 3. The third kappa shape index (κ3) is 2.53. The Kier molecular flexibility index (Phi) is 3.30. The van der Waals surface area contributed by atoms with Crippen molar-refractivity contribution in [1.29, 1.82) is 0 Å². The molecule has 1 unspecified atom stereocenters. The maximum Gasteiger partial charge on any atom is 0.0954 e. The van der Waals surface area contributed by atoms with E-state index < -0.39 is 6.10 Å². The van der Waals surface area contributed by atoms with Crippen molar-refractivity contribution in [1.82, 2.24) is 9.59 Å². The van der Waals surface area contributed by atoms with E-state index in [1.807, 2.05) is 24.3 Å². The highest BCUT2D eigenvalue weighted by atomic mass is 35.5. The van der Waals surface area contributed by atoms with Gasteiger partial charge in [-0.3, -0.25) is 0 Å². The molecule has 1 heterocycles. The minimum atomic E-state index is -0.579. The first-order valence-corrected chi connectivity index (χ1v) is 5.61. The number of hydrogen-bond acceptors (Lipinski definition) is 4. The summed E-state index contributed by atoms with van der Waals surface area (Å²) in [5.74, 6) is 0. The monoisotopic (exact) mass is 240 g/mol. The van der Waals surface area contributed by atoms with E-state index in [1.165, 1.54) is 11.5 Å². The second kappa shape index (κ2) is 4.70. The molecule has 15 heavy (non-hydrogen) atoms. The highest BCUT2D eigenvalue weighted by Gasteiger charge is 2.12. The van der Waals surface area contributed by atoms with Crippen LogP contribution < -0.4 is 0 Å². The van der Waals surface area contributed by atoms with Crippen molar-refractivity contribution >= 4 is 23.1 Å². The van der Waals surface area contributed by atoms with Crippen molar-refractivity contribution in [2.75, 3.05) is 0 Å². The average molecular weight is 241 g/mol. The maximum absolute atomic E-state index is 9.86. The highest BCUT2D eigenvalue weighted by molar-refractivity contribution is 7.05. The van der Waals surface area contributed by atoms with Gasteiger partial charge >= 0.3 is 0 Å². The Morgan fingerprint density at radius 3 is 2.87 bits per heavy atom. The second-order valence-electron chi connectivity index (χ2n) is 3.13. The molecule has 0 aliphatic carbocycles. The number of hydrogen-bond donors (Lipinski definition) is 1. The van der Waals surface area contributed by atoms with Gasteiger partial charge in [-0.25, -0.2) is 0 Å². The van der Waals surface area contributed by atoms with Crippen LogP contribution in [0, 0.1) is 0 Å². The van der Waals surface area contributed by atoms with Crippen LogP contribution in [0.3, 0.4) is 0 Å². The lowest BCUT2D eigenvalue weighted by atomic mass is 10.1. The van der Waals surface area contributed by atoms with E-state index in [4.69, 9.17) is 11.6 Å². The predicted molar refractivity (Wildman–Crippen MR) is 60.0 cm³/mol. The lowest BCUT2D eigenvalue weighted by Gasteiger charge is -2.08. The van der Waals surface area contributed by atoms with Crippen molar-refractivity contribution < 1.29 is 5.11 Å². The molecule has 0 saturated carbocycles. The lowest BCUT2D eigenvalue weighted by Crippen LogP contribution is -1.99. The molecule has 0 aliphatic rings. The first kappa shape index (κ1) is 10.5. The number of aromatic nitrogens is 2. The van der Waals surface area contributed by atoms with Crippen LogP contribution in [0.25, 0.3) is 0 Å². The van der Waals surface area contributed by atoms with Crippen LogP contribution in [0.1, 0.15) is 16.5 Å². The fourth-order valence-electron chi connectivity index (χ4n) is 1.29. The van der Waals surface area contributed by atoms with Gasteiger partial charge in [0.05, 0.1) is 17.2 Å². The Balaban J connectivity index is 2.13. The standard InChI is InChI=1S/C10H9ClN2OS/c11-8-4-2-1-3-7(8)5-9(14)10-6-12-13-15-10/h1-4,6,9,14H,5H2. The Bertz CT molecular complexity index is 433. The normalized spacial score (nSPS) is 12.7. The maximum atomic E-state index is 9.86. The number of aliphatic hydroxyl groups excluding tert-OH is 1. The van der Waals surface area contributed by atoms with E-state index in [0.717, 1.165) is 10.4 Å². The minimum Gasteiger partial charge on any atom is -0.387 e. The van der Waals surface area contributed by atoms with E-state index in [1.54, 1.807) is 6.20 Å². The van der Waals surface area contributed by atoms with Gasteiger partial charge in [-0.2, -0.15) is 0 Å². The van der Waals surface area contributed by atoms with Crippen molar-refractivity contribution in [3.05, 3.63) is 45.9 Å². The molecule has 0 saturated heterocycles. The van der Waals surface area contributed by atoms with Crippen LogP contribution in [0.5, 0.6) is 0 Å². The zero-order valence-electron chi connectivity index (χ0n) is 7.80. The quantitative estimate of drug-likeness (QED) is 0.897. The Hall–Kier alpha value is -0.970. The van der Waals surface area contributed by atoms with Crippen LogP contribution >= 0.6 is 23.1 Å². The smallest absolute Gasteiger partial charge is 0.0954 e. The molecule has 0 aliphatic heterocycles. The third-order valence-corrected chi connectivity index (χ3v) is 3.21. The number of benzene rings is 1. The molecular weight excluding hydrogens is 232 g/mol. The van der Waals surface area contributed by atoms with Gasteiger partial charge in [0.1, 0.15) is 0 Å². The van der Waals surface area contributed by atoms with E-state index in [0.29, 0.717) is 11.4 Å². The van der Waals surface area contributed by atoms with Gasteiger partial charge in [0.2, 0.25) is 0 Å². The first-order chi connectivity index (χ1) is 7.27. The largest absolute Gasteiger partial charge is 0.387 e. The minimum absolute atomic E-state index is 0.490. The van der Waals surface area contributed by atoms with Crippen LogP contribution in [-0.2, 0) is 6.42 Å². The van der Waals surface area contributed by atoms with Crippen LogP contribution in [0.4, 0.5) is 0 Å². The van der Waals surface area contributed by atoms with Crippen LogP contribution in [0.15, 0.2) is 30.5 Å². The molecule has 78 valence electrons. The molecule has 5 heteroatoms. The van der Waals surface area contributed by atoms with Gasteiger partial charge < -0.3 is 5.11 Å². The third-order valence-electron chi connectivity index (χ3n) is 2.08. The topological polar surface area (TPSA) is 46.0 Å². The van der Waals surface area contributed by atoms with E-state index in [2.05, 4.69) is 9.59 Å². The fourth-order valence-corrected chi connectivity index (χ4v) is 2.00. The molecule has 2 rings (SSSR count). The molecule has 3 nitrogen and oxygen atoms in total. The average Bonchev–Trinajstić information content (AvgIpc) is 2.74. The van der Waals surface area contributed by atoms with Crippen molar-refractivity contribution in [3.8, 4) is 0 Å². The predicted octanol–water partition coefficient (Wildman–Crippen LogP) is 2.47. The molecule has 0 amide bonds. The molecule has 2 aromatic rings. The molecule has 0 bridgehead atoms. The summed E-state index contributed by atoms with van der Waals surface area (Å²) in [6.07, 6.45) is 1.49. The van der Waals surface area contributed by atoms with Gasteiger partial charge in [0, 0.05) is 11.4 Å². The summed E-state index contributed by atoms with van der Waals surface area (Å²) in [6.45, 7) is 0. The molecule has 1 aromatic carbocycles. The van der Waals surface area contributed by atoms with Gasteiger partial charge in [-0.15, -0.1) is 5.10 Å². The van der Waals surface area contributed by atoms with Crippen LogP contribution in [0.2, 0.25) is 5.02 Å². The van der Waals surface area contributed by atoms with Gasteiger partial charge in [0.25, 0.3) is 0 Å². The van der Waals surface area contributed by atoms with Crippen LogP contribution in [-0.4, -0.2) is 14.7 Å². The van der Waals surface area contributed by atoms with Crippen molar-refractivity contribution in [2.45, 2.75) is 12.5 Å². The summed E-state index contributed by atoms with van der Waals surface area (Å²) >= 11 is 7.19. The van der Waals surface area contributed by atoms with E-state index in [-0.39, 0.29) is 0 Å². The number of halogens is 1. The molecule has 1 aromatic heterocycles. The summed E-state index contributed by atoms with van der Waals surface area (Å²) in [5, 5.41) is 14.2. The summed E-state index contributed by atoms with van der Waals surface area (Å²) in [7, 11) is 0. The van der Waals surface area contributed by atoms with Crippen molar-refractivity contribution in [3.63, 3.8) is 0 Å². The number of aliphatic hydroxyl groups is 1. The second-order valence-corrected chi connectivity index (χ2v) is 4.36. The SMILES string of the molecule is OC(Cc1ccccc1Cl)c1cnns1. The Morgan fingerprint density at radius 1 is 1.40 bits per heavy atom. The van der Waals surface area contributed by atoms with Crippen molar-refractivity contribution in [2.24, 2.45) is 0 Å². The summed E-state index contributed by atoms with van der Waals surface area (Å²) in [4.78, 5) is 0.759. The molecule has 1 N–H and O–H groups in total. The Morgan fingerprint density at radius 2 is 2.20 bits per heavy atom. The summed E-state index contributed by atoms with van der Waals surface area (Å²) in [5.41, 5.74) is 0.931. The fraction of sp³-hybridized carbons (Fsp3) is 0.200. The zero-order valence-corrected chi connectivity index (χ0v) is 9.37. The Labute approximate surface area is 96.5 Å². The molecule has 1 atom stereocenters. The first-order valence-electron chi connectivity index (χ1n) is 4.46. The molecule has 0 radical (unpaired) electrons. The molecular formula is C10H9ClN2OS. The highest BCUT2D eigenvalue weighted by Crippen LogP contribution is 2.24. The van der Waals surface area contributed by atoms with Gasteiger partial charge in [0.15, 0.2) is 0 Å². The van der Waals surface area contributed by atoms with Gasteiger partial charge in [-0.05, 0) is 23.2 Å². The number of nitrogens with zero attached hydrogens (tertiary/aromatic N) is 2. The zero-order chi connectivity index (χ0) is 10.7. The van der Waals surface area contributed by atoms with Gasteiger partial charge in [-0.1, -0.05) is 34.3 Å². The summed E-state index contributed by atoms with van der Waals surface area (Å²) in [6, 6.07) is 7.49. The lowest BCUT2D eigenvalue weighted by molar-refractivity contribution is 0.182. The van der Waals surface area contributed by atoms with E-state index >= 15 is 0 Å². The summed E-state index contributed by atoms with van der Waals surface area (Å²) < 4.78 is 3.71. The molecule has 0 fully saturated rings.